The van der Waals surface area contributed by atoms with Crippen molar-refractivity contribution in [2.45, 2.75) is 20.4 Å². The second-order valence-electron chi connectivity index (χ2n) is 6.58. The molecule has 3 nitrogen and oxygen atoms in total. The Morgan fingerprint density at radius 1 is 1.04 bits per heavy atom. The molecule has 1 radical (unpaired) electrons. The molecule has 0 aliphatic heterocycles. The first kappa shape index (κ1) is 15.5. The van der Waals surface area contributed by atoms with E-state index >= 15 is 0 Å². The van der Waals surface area contributed by atoms with E-state index in [1.54, 1.807) is 6.07 Å². The maximum absolute atomic E-state index is 11.9. The molecule has 2 N–H and O–H groups in total. The third kappa shape index (κ3) is 2.58. The Bertz CT molecular complexity index is 1100. The van der Waals surface area contributed by atoms with Crippen molar-refractivity contribution in [3.05, 3.63) is 82.9 Å². The van der Waals surface area contributed by atoms with Crippen LogP contribution in [0.2, 0.25) is 0 Å². The Kier molecular flexibility index (Phi) is 3.57. The zero-order chi connectivity index (χ0) is 17.6. The van der Waals surface area contributed by atoms with Gasteiger partial charge in [0.1, 0.15) is 0 Å². The smallest absolute Gasteiger partial charge is 0.249 e. The van der Waals surface area contributed by atoms with E-state index in [1.165, 1.54) is 16.7 Å². The Balaban J connectivity index is 2.02. The molecule has 0 unspecified atom stereocenters. The number of primary amides is 1. The molecule has 3 heteroatoms. The van der Waals surface area contributed by atoms with Crippen LogP contribution in [0.4, 0.5) is 0 Å². The van der Waals surface area contributed by atoms with Gasteiger partial charge in [-0.15, -0.1) is 0 Å². The van der Waals surface area contributed by atoms with Crippen molar-refractivity contribution in [3.63, 3.8) is 0 Å². The van der Waals surface area contributed by atoms with Crippen molar-refractivity contribution in [3.8, 4) is 0 Å². The first-order valence-corrected chi connectivity index (χ1v) is 8.33. The van der Waals surface area contributed by atoms with Crippen LogP contribution in [0.5, 0.6) is 0 Å². The van der Waals surface area contributed by atoms with Crippen LogP contribution in [0.25, 0.3) is 21.8 Å². The van der Waals surface area contributed by atoms with Gasteiger partial charge >= 0.3 is 0 Å². The fourth-order valence-electron chi connectivity index (χ4n) is 3.73. The third-order valence-corrected chi connectivity index (χ3v) is 4.60. The highest BCUT2D eigenvalue weighted by Crippen LogP contribution is 2.32. The molecule has 0 atom stereocenters. The van der Waals surface area contributed by atoms with Crippen LogP contribution in [0.15, 0.2) is 54.6 Å². The average Bonchev–Trinajstić information content (AvgIpc) is 2.88. The number of carbonyl (C=O) groups is 1. The lowest BCUT2D eigenvalue weighted by atomic mass is 10.1. The van der Waals surface area contributed by atoms with Crippen molar-refractivity contribution in [2.75, 3.05) is 0 Å². The van der Waals surface area contributed by atoms with E-state index in [4.69, 9.17) is 5.73 Å². The highest BCUT2D eigenvalue weighted by molar-refractivity contribution is 6.17. The number of nitrogens with two attached hydrogens (primary N) is 1. The van der Waals surface area contributed by atoms with Crippen LogP contribution in [-0.4, -0.2) is 10.5 Å². The van der Waals surface area contributed by atoms with Crippen molar-refractivity contribution >= 4 is 27.7 Å². The summed E-state index contributed by atoms with van der Waals surface area (Å²) in [6.45, 7) is 4.96. The van der Waals surface area contributed by atoms with E-state index in [-0.39, 0.29) is 0 Å². The van der Waals surface area contributed by atoms with E-state index in [0.29, 0.717) is 5.56 Å². The van der Waals surface area contributed by atoms with Gasteiger partial charge in [-0.3, -0.25) is 4.79 Å². The van der Waals surface area contributed by atoms with Gasteiger partial charge in [-0.1, -0.05) is 47.5 Å². The molecule has 1 heterocycles. The van der Waals surface area contributed by atoms with Crippen molar-refractivity contribution < 1.29 is 4.79 Å². The lowest BCUT2D eigenvalue weighted by Crippen LogP contribution is -2.11. The van der Waals surface area contributed by atoms with Gasteiger partial charge in [0.2, 0.25) is 5.91 Å². The Morgan fingerprint density at radius 2 is 1.76 bits per heavy atom. The minimum absolute atomic E-state index is 0.409. The first-order valence-electron chi connectivity index (χ1n) is 8.33. The van der Waals surface area contributed by atoms with Crippen LogP contribution in [0, 0.1) is 19.9 Å². The number of hydrogen-bond acceptors (Lipinski definition) is 1. The fraction of sp³-hybridized carbons (Fsp3) is 0.136. The second kappa shape index (κ2) is 5.78. The molecule has 4 aromatic rings. The molecule has 0 saturated heterocycles. The van der Waals surface area contributed by atoms with Crippen LogP contribution in [-0.2, 0) is 6.54 Å². The van der Waals surface area contributed by atoms with E-state index < -0.39 is 5.91 Å². The van der Waals surface area contributed by atoms with E-state index in [1.807, 2.05) is 24.3 Å². The molecular weight excluding hydrogens is 308 g/mol. The zero-order valence-corrected chi connectivity index (χ0v) is 14.3. The van der Waals surface area contributed by atoms with E-state index in [9.17, 15) is 4.79 Å². The topological polar surface area (TPSA) is 48.0 Å². The summed E-state index contributed by atoms with van der Waals surface area (Å²) < 4.78 is 2.24. The fourth-order valence-corrected chi connectivity index (χ4v) is 3.73. The number of benzene rings is 3. The number of hydrogen-bond donors (Lipinski definition) is 1. The molecule has 0 fully saturated rings. The summed E-state index contributed by atoms with van der Waals surface area (Å²) in [7, 11) is 0. The summed E-state index contributed by atoms with van der Waals surface area (Å²) in [6.07, 6.45) is 0. The summed E-state index contributed by atoms with van der Waals surface area (Å²) in [5.74, 6) is -0.409. The third-order valence-electron chi connectivity index (χ3n) is 4.60. The zero-order valence-electron chi connectivity index (χ0n) is 14.3. The van der Waals surface area contributed by atoms with Crippen molar-refractivity contribution in [1.29, 1.82) is 0 Å². The summed E-state index contributed by atoms with van der Waals surface area (Å²) >= 11 is 0. The summed E-state index contributed by atoms with van der Waals surface area (Å²) in [5.41, 5.74) is 12.0. The highest BCUT2D eigenvalue weighted by Gasteiger charge is 2.16. The number of rotatable bonds is 3. The molecule has 25 heavy (non-hydrogen) atoms. The number of fused-ring (bicyclic) bond motifs is 3. The first-order chi connectivity index (χ1) is 12.0. The van der Waals surface area contributed by atoms with Gasteiger partial charge in [-0.05, 0) is 43.7 Å². The van der Waals surface area contributed by atoms with Crippen LogP contribution in [0.3, 0.4) is 0 Å². The molecule has 0 saturated carbocycles. The van der Waals surface area contributed by atoms with E-state index in [2.05, 4.69) is 48.7 Å². The van der Waals surface area contributed by atoms with Gasteiger partial charge in [0, 0.05) is 22.9 Å². The summed E-state index contributed by atoms with van der Waals surface area (Å²) in [5, 5.41) is 1.83. The molecule has 123 valence electrons. The van der Waals surface area contributed by atoms with Crippen molar-refractivity contribution in [2.24, 2.45) is 5.73 Å². The monoisotopic (exact) mass is 327 g/mol. The van der Waals surface area contributed by atoms with Crippen LogP contribution >= 0.6 is 0 Å². The van der Waals surface area contributed by atoms with Gasteiger partial charge in [0.25, 0.3) is 0 Å². The Morgan fingerprint density at radius 3 is 2.48 bits per heavy atom. The second-order valence-corrected chi connectivity index (χ2v) is 6.58. The molecule has 3 aromatic carbocycles. The molecule has 0 aliphatic rings. The molecular formula is C22H19N2O. The lowest BCUT2D eigenvalue weighted by molar-refractivity contribution is 0.100. The van der Waals surface area contributed by atoms with Gasteiger partial charge in [-0.2, -0.15) is 0 Å². The summed E-state index contributed by atoms with van der Waals surface area (Å²) in [6, 6.07) is 21.5. The Hall–Kier alpha value is -3.07. The van der Waals surface area contributed by atoms with Crippen LogP contribution in [0.1, 0.15) is 27.0 Å². The number of amides is 1. The quantitative estimate of drug-likeness (QED) is 0.597. The minimum Gasteiger partial charge on any atom is -0.366 e. The normalized spacial score (nSPS) is 11.3. The minimum atomic E-state index is -0.409. The predicted octanol–water partition coefficient (Wildman–Crippen LogP) is 4.36. The maximum Gasteiger partial charge on any atom is 0.249 e. The molecule has 1 aromatic heterocycles. The number of aromatic nitrogens is 1. The van der Waals surface area contributed by atoms with Gasteiger partial charge in [0.05, 0.1) is 11.0 Å². The van der Waals surface area contributed by atoms with Gasteiger partial charge in [0.15, 0.2) is 0 Å². The number of nitrogens with zero attached hydrogens (tertiary/aromatic N) is 1. The van der Waals surface area contributed by atoms with Gasteiger partial charge in [-0.25, -0.2) is 0 Å². The summed E-state index contributed by atoms with van der Waals surface area (Å²) in [4.78, 5) is 11.9. The SMILES string of the molecule is Cc1cc(C)cc(Cn2c3ccc[c]c3c3c(C(N)=O)cccc32)c1. The maximum atomic E-state index is 11.9. The number of aryl methyl sites for hydroxylation is 2. The molecule has 0 aliphatic carbocycles. The molecule has 1 amide bonds. The largest absolute Gasteiger partial charge is 0.366 e. The number of carbonyl (C=O) groups excluding carboxylic acids is 1. The molecule has 0 spiro atoms. The van der Waals surface area contributed by atoms with E-state index in [0.717, 1.165) is 28.4 Å². The van der Waals surface area contributed by atoms with Crippen LogP contribution < -0.4 is 5.73 Å². The Labute approximate surface area is 146 Å². The van der Waals surface area contributed by atoms with Gasteiger partial charge < -0.3 is 10.3 Å². The molecule has 4 rings (SSSR count). The standard InChI is InChI=1S/C22H19N2O/c1-14-10-15(2)12-16(11-14)13-24-19-8-4-3-6-17(19)21-18(22(23)25)7-5-9-20(21)24/h3-5,7-12H,13H2,1-2H3,(H2,23,25). The predicted molar refractivity (Wildman–Crippen MR) is 102 cm³/mol. The molecule has 0 bridgehead atoms. The average molecular weight is 327 g/mol. The lowest BCUT2D eigenvalue weighted by Gasteiger charge is -2.10. The highest BCUT2D eigenvalue weighted by atomic mass is 16.1. The van der Waals surface area contributed by atoms with Crippen molar-refractivity contribution in [1.82, 2.24) is 4.57 Å².